The van der Waals surface area contributed by atoms with Crippen molar-refractivity contribution in [2.75, 3.05) is 13.2 Å². The molecule has 0 unspecified atom stereocenters. The Morgan fingerprint density at radius 1 is 1.43 bits per heavy atom. The van der Waals surface area contributed by atoms with Crippen molar-refractivity contribution < 1.29 is 14.1 Å². The van der Waals surface area contributed by atoms with E-state index >= 15 is 0 Å². The Bertz CT molecular complexity index is 651. The highest BCUT2D eigenvalue weighted by Crippen LogP contribution is 2.31. The van der Waals surface area contributed by atoms with Crippen LogP contribution in [-0.2, 0) is 17.7 Å². The number of halogens is 1. The van der Waals surface area contributed by atoms with Crippen molar-refractivity contribution in [3.05, 3.63) is 40.5 Å². The molecular weight excluding hydrogens is 292 g/mol. The molecule has 5 nitrogen and oxygen atoms in total. The maximum atomic E-state index is 11.8. The molecule has 1 aromatic heterocycles. The summed E-state index contributed by atoms with van der Waals surface area (Å²) in [6, 6.07) is 7.45. The number of carbonyl (C=O) groups is 1. The van der Waals surface area contributed by atoms with E-state index in [1.54, 1.807) is 11.8 Å². The van der Waals surface area contributed by atoms with E-state index in [1.807, 2.05) is 24.3 Å². The van der Waals surface area contributed by atoms with E-state index in [4.69, 9.17) is 20.9 Å². The van der Waals surface area contributed by atoms with Gasteiger partial charge in [0.25, 0.3) is 0 Å². The van der Waals surface area contributed by atoms with Crippen LogP contribution in [0.2, 0.25) is 5.02 Å². The van der Waals surface area contributed by atoms with Crippen molar-refractivity contribution >= 4 is 17.7 Å². The topological polar surface area (TPSA) is 55.6 Å². The zero-order valence-corrected chi connectivity index (χ0v) is 12.4. The number of amides is 1. The molecule has 1 aliphatic rings. The van der Waals surface area contributed by atoms with Crippen LogP contribution in [0.4, 0.5) is 4.79 Å². The van der Waals surface area contributed by atoms with Gasteiger partial charge in [0.05, 0.1) is 13.2 Å². The summed E-state index contributed by atoms with van der Waals surface area (Å²) in [6.07, 6.45) is 0.398. The molecule has 0 spiro atoms. The molecule has 21 heavy (non-hydrogen) atoms. The number of nitrogens with zero attached hydrogens (tertiary/aromatic N) is 2. The number of carbonyl (C=O) groups excluding carboxylic acids is 1. The number of fused-ring (bicyclic) bond motifs is 1. The summed E-state index contributed by atoms with van der Waals surface area (Å²) in [6.45, 7) is 3.19. The summed E-state index contributed by atoms with van der Waals surface area (Å²) in [5, 5.41) is 4.77. The van der Waals surface area contributed by atoms with Gasteiger partial charge in [-0.05, 0) is 37.6 Å². The maximum absolute atomic E-state index is 11.8. The molecule has 110 valence electrons. The molecule has 0 N–H and O–H groups in total. The fourth-order valence-corrected chi connectivity index (χ4v) is 2.56. The van der Waals surface area contributed by atoms with Crippen LogP contribution in [0.3, 0.4) is 0 Å². The average Bonchev–Trinajstić information content (AvgIpc) is 2.91. The zero-order chi connectivity index (χ0) is 14.8. The Hall–Kier alpha value is -2.01. The second-order valence-electron chi connectivity index (χ2n) is 4.81. The van der Waals surface area contributed by atoms with E-state index in [9.17, 15) is 4.79 Å². The van der Waals surface area contributed by atoms with Crippen LogP contribution in [0.5, 0.6) is 0 Å². The number of aromatic nitrogens is 1. The molecule has 6 heteroatoms. The van der Waals surface area contributed by atoms with Crippen LogP contribution in [0.1, 0.15) is 18.2 Å². The third-order valence-corrected chi connectivity index (χ3v) is 3.73. The smallest absolute Gasteiger partial charge is 0.410 e. The summed E-state index contributed by atoms with van der Waals surface area (Å²) in [4.78, 5) is 13.4. The molecule has 1 aromatic carbocycles. The fourth-order valence-electron chi connectivity index (χ4n) is 2.43. The summed E-state index contributed by atoms with van der Waals surface area (Å²) in [7, 11) is 0. The lowest BCUT2D eigenvalue weighted by molar-refractivity contribution is 0.102. The van der Waals surface area contributed by atoms with Crippen LogP contribution in [0.25, 0.3) is 11.3 Å². The molecule has 2 heterocycles. The van der Waals surface area contributed by atoms with Crippen LogP contribution in [-0.4, -0.2) is 29.3 Å². The normalized spacial score (nSPS) is 13.9. The van der Waals surface area contributed by atoms with Crippen LogP contribution < -0.4 is 0 Å². The standard InChI is InChI=1S/C15H15ClN2O3/c1-2-20-15(19)18-8-7-12-13(9-18)17-21-14(12)10-3-5-11(16)6-4-10/h3-6H,2,7-9H2,1H3. The predicted octanol–water partition coefficient (Wildman–Crippen LogP) is 3.51. The van der Waals surface area contributed by atoms with Crippen molar-refractivity contribution in [3.63, 3.8) is 0 Å². The molecule has 0 bridgehead atoms. The van der Waals surface area contributed by atoms with E-state index in [2.05, 4.69) is 5.16 Å². The van der Waals surface area contributed by atoms with Gasteiger partial charge in [-0.25, -0.2) is 4.79 Å². The lowest BCUT2D eigenvalue weighted by Gasteiger charge is -2.24. The maximum Gasteiger partial charge on any atom is 0.410 e. The molecule has 0 aliphatic carbocycles. The highest BCUT2D eigenvalue weighted by molar-refractivity contribution is 6.30. The van der Waals surface area contributed by atoms with Crippen molar-refractivity contribution in [3.8, 4) is 11.3 Å². The largest absolute Gasteiger partial charge is 0.450 e. The van der Waals surface area contributed by atoms with Crippen molar-refractivity contribution in [1.82, 2.24) is 10.1 Å². The second kappa shape index (κ2) is 5.77. The van der Waals surface area contributed by atoms with Crippen LogP contribution in [0.15, 0.2) is 28.8 Å². The molecule has 1 amide bonds. The Kier molecular flexibility index (Phi) is 3.84. The van der Waals surface area contributed by atoms with Gasteiger partial charge in [-0.1, -0.05) is 16.8 Å². The summed E-state index contributed by atoms with van der Waals surface area (Å²) in [5.41, 5.74) is 2.79. The molecule has 0 fully saturated rings. The number of hydrogen-bond acceptors (Lipinski definition) is 4. The van der Waals surface area contributed by atoms with Crippen molar-refractivity contribution in [1.29, 1.82) is 0 Å². The number of benzene rings is 1. The minimum atomic E-state index is -0.306. The fraction of sp³-hybridized carbons (Fsp3) is 0.333. The lowest BCUT2D eigenvalue weighted by atomic mass is 10.0. The summed E-state index contributed by atoms with van der Waals surface area (Å²) >= 11 is 5.90. The van der Waals surface area contributed by atoms with E-state index in [1.165, 1.54) is 0 Å². The Balaban J connectivity index is 1.84. The van der Waals surface area contributed by atoms with Gasteiger partial charge in [0.1, 0.15) is 5.69 Å². The first-order valence-corrected chi connectivity index (χ1v) is 7.22. The van der Waals surface area contributed by atoms with Gasteiger partial charge in [-0.15, -0.1) is 0 Å². The van der Waals surface area contributed by atoms with Crippen molar-refractivity contribution in [2.24, 2.45) is 0 Å². The molecule has 0 radical (unpaired) electrons. The first-order valence-electron chi connectivity index (χ1n) is 6.84. The highest BCUT2D eigenvalue weighted by Gasteiger charge is 2.27. The average molecular weight is 307 g/mol. The van der Waals surface area contributed by atoms with Gasteiger partial charge in [-0.2, -0.15) is 0 Å². The quantitative estimate of drug-likeness (QED) is 0.852. The first-order chi connectivity index (χ1) is 10.2. The minimum absolute atomic E-state index is 0.306. The number of ether oxygens (including phenoxy) is 1. The lowest BCUT2D eigenvalue weighted by Crippen LogP contribution is -2.36. The molecule has 0 atom stereocenters. The number of rotatable bonds is 2. The predicted molar refractivity (Wildman–Crippen MR) is 78.1 cm³/mol. The first kappa shape index (κ1) is 13.9. The van der Waals surface area contributed by atoms with E-state index in [0.717, 1.165) is 22.6 Å². The SMILES string of the molecule is CCOC(=O)N1CCc2c(noc2-c2ccc(Cl)cc2)C1. The monoisotopic (exact) mass is 306 g/mol. The molecule has 2 aromatic rings. The minimum Gasteiger partial charge on any atom is -0.450 e. The molecule has 1 aliphatic heterocycles. The Labute approximate surface area is 127 Å². The third-order valence-electron chi connectivity index (χ3n) is 3.47. The van der Waals surface area contributed by atoms with Gasteiger partial charge in [0, 0.05) is 22.7 Å². The second-order valence-corrected chi connectivity index (χ2v) is 5.25. The van der Waals surface area contributed by atoms with Crippen LogP contribution >= 0.6 is 11.6 Å². The van der Waals surface area contributed by atoms with Crippen LogP contribution in [0, 0.1) is 0 Å². The molecule has 3 rings (SSSR count). The summed E-state index contributed by atoms with van der Waals surface area (Å²) < 4.78 is 10.5. The van der Waals surface area contributed by atoms with Crippen molar-refractivity contribution in [2.45, 2.75) is 19.9 Å². The van der Waals surface area contributed by atoms with Gasteiger partial charge in [-0.3, -0.25) is 0 Å². The van der Waals surface area contributed by atoms with Gasteiger partial charge < -0.3 is 14.2 Å². The highest BCUT2D eigenvalue weighted by atomic mass is 35.5. The third kappa shape index (κ3) is 2.74. The molecule has 0 saturated heterocycles. The summed E-state index contributed by atoms with van der Waals surface area (Å²) in [5.74, 6) is 0.755. The molecule has 0 saturated carbocycles. The van der Waals surface area contributed by atoms with E-state index < -0.39 is 0 Å². The molecular formula is C15H15ClN2O3. The Morgan fingerprint density at radius 2 is 2.19 bits per heavy atom. The van der Waals surface area contributed by atoms with Gasteiger partial charge >= 0.3 is 6.09 Å². The van der Waals surface area contributed by atoms with E-state index in [-0.39, 0.29) is 6.09 Å². The Morgan fingerprint density at radius 3 is 2.90 bits per heavy atom. The van der Waals surface area contributed by atoms with Gasteiger partial charge in [0.15, 0.2) is 5.76 Å². The number of hydrogen-bond donors (Lipinski definition) is 0. The van der Waals surface area contributed by atoms with Gasteiger partial charge in [0.2, 0.25) is 0 Å². The van der Waals surface area contributed by atoms with E-state index in [0.29, 0.717) is 31.1 Å². The zero-order valence-electron chi connectivity index (χ0n) is 11.6.